The molecular weight excluding hydrogens is 288 g/mol. The highest BCUT2D eigenvalue weighted by Crippen LogP contribution is 2.21. The summed E-state index contributed by atoms with van der Waals surface area (Å²) in [5.41, 5.74) is -0.238. The largest absolute Gasteiger partial charge is 0.335 e. The Balaban J connectivity index is 2.26. The van der Waals surface area contributed by atoms with E-state index in [-0.39, 0.29) is 23.6 Å². The van der Waals surface area contributed by atoms with Crippen LogP contribution in [0.3, 0.4) is 0 Å². The predicted octanol–water partition coefficient (Wildman–Crippen LogP) is 1.61. The van der Waals surface area contributed by atoms with Gasteiger partial charge in [0.25, 0.3) is 5.91 Å². The third kappa shape index (κ3) is 2.98. The molecule has 1 fully saturated rings. The number of benzene rings is 1. The van der Waals surface area contributed by atoms with E-state index in [1.807, 2.05) is 0 Å². The summed E-state index contributed by atoms with van der Waals surface area (Å²) in [5.74, 6) is -2.37. The van der Waals surface area contributed by atoms with Crippen molar-refractivity contribution in [3.63, 3.8) is 0 Å². The summed E-state index contributed by atoms with van der Waals surface area (Å²) < 4.78 is 49.4. The number of nitrogens with zero attached hydrogens (tertiary/aromatic N) is 1. The van der Waals surface area contributed by atoms with Crippen LogP contribution in [0, 0.1) is 11.6 Å². The molecule has 110 valence electrons. The van der Waals surface area contributed by atoms with Gasteiger partial charge in [0.15, 0.2) is 9.84 Å². The van der Waals surface area contributed by atoms with E-state index in [4.69, 9.17) is 0 Å². The third-order valence-electron chi connectivity index (χ3n) is 3.41. The first-order valence-corrected chi connectivity index (χ1v) is 8.12. The van der Waals surface area contributed by atoms with Crippen molar-refractivity contribution in [1.82, 2.24) is 4.90 Å². The van der Waals surface area contributed by atoms with Crippen molar-refractivity contribution in [2.45, 2.75) is 19.4 Å². The van der Waals surface area contributed by atoms with Gasteiger partial charge in [-0.3, -0.25) is 4.79 Å². The third-order valence-corrected chi connectivity index (χ3v) is 5.16. The van der Waals surface area contributed by atoms with E-state index in [0.29, 0.717) is 12.5 Å². The van der Waals surface area contributed by atoms with Gasteiger partial charge in [-0.1, -0.05) is 0 Å². The first-order chi connectivity index (χ1) is 9.34. The lowest BCUT2D eigenvalue weighted by atomic mass is 10.1. The summed E-state index contributed by atoms with van der Waals surface area (Å²) in [5, 5.41) is 0. The summed E-state index contributed by atoms with van der Waals surface area (Å²) in [6.45, 7) is 1.97. The number of carbonyl (C=O) groups excluding carboxylic acids is 1. The first-order valence-electron chi connectivity index (χ1n) is 6.30. The molecule has 20 heavy (non-hydrogen) atoms. The summed E-state index contributed by atoms with van der Waals surface area (Å²) >= 11 is 0. The number of hydrogen-bond acceptors (Lipinski definition) is 3. The van der Waals surface area contributed by atoms with Gasteiger partial charge in [0.05, 0.1) is 17.1 Å². The SMILES string of the molecule is CCN(C(=O)c1ccc(F)cc1F)C1CCS(=O)(=O)C1. The lowest BCUT2D eigenvalue weighted by Crippen LogP contribution is -2.41. The molecule has 4 nitrogen and oxygen atoms in total. The van der Waals surface area contributed by atoms with E-state index >= 15 is 0 Å². The summed E-state index contributed by atoms with van der Waals surface area (Å²) in [6, 6.07) is 2.29. The average molecular weight is 303 g/mol. The van der Waals surface area contributed by atoms with Crippen LogP contribution in [0.15, 0.2) is 18.2 Å². The average Bonchev–Trinajstić information content (AvgIpc) is 2.70. The van der Waals surface area contributed by atoms with Crippen LogP contribution in [0.4, 0.5) is 8.78 Å². The molecule has 0 bridgehead atoms. The summed E-state index contributed by atoms with van der Waals surface area (Å²) in [4.78, 5) is 13.6. The Bertz CT molecular complexity index is 631. The van der Waals surface area contributed by atoms with Gasteiger partial charge < -0.3 is 4.90 Å². The molecule has 0 saturated carbocycles. The quantitative estimate of drug-likeness (QED) is 0.852. The summed E-state index contributed by atoms with van der Waals surface area (Å²) in [7, 11) is -3.13. The molecule has 1 amide bonds. The van der Waals surface area contributed by atoms with Gasteiger partial charge in [-0.25, -0.2) is 17.2 Å². The van der Waals surface area contributed by atoms with E-state index in [2.05, 4.69) is 0 Å². The summed E-state index contributed by atoms with van der Waals surface area (Å²) in [6.07, 6.45) is 0.352. The maximum absolute atomic E-state index is 13.6. The van der Waals surface area contributed by atoms with E-state index in [0.717, 1.165) is 12.1 Å². The molecule has 1 aromatic rings. The van der Waals surface area contributed by atoms with E-state index in [1.165, 1.54) is 4.90 Å². The van der Waals surface area contributed by atoms with Gasteiger partial charge in [0.2, 0.25) is 0 Å². The molecule has 1 aliphatic heterocycles. The highest BCUT2D eigenvalue weighted by Gasteiger charge is 2.34. The van der Waals surface area contributed by atoms with Crippen molar-refractivity contribution in [2.75, 3.05) is 18.1 Å². The molecule has 7 heteroatoms. The Labute approximate surface area is 116 Å². The first kappa shape index (κ1) is 14.9. The van der Waals surface area contributed by atoms with Gasteiger partial charge in [-0.05, 0) is 25.5 Å². The normalized spacial score (nSPS) is 20.9. The zero-order chi connectivity index (χ0) is 14.9. The van der Waals surface area contributed by atoms with Gasteiger partial charge >= 0.3 is 0 Å². The van der Waals surface area contributed by atoms with E-state index in [9.17, 15) is 22.0 Å². The van der Waals surface area contributed by atoms with Crippen LogP contribution in [0.25, 0.3) is 0 Å². The number of amides is 1. The maximum Gasteiger partial charge on any atom is 0.257 e. The molecule has 0 aliphatic carbocycles. The fourth-order valence-electron chi connectivity index (χ4n) is 2.41. The second-order valence-corrected chi connectivity index (χ2v) is 7.00. The minimum Gasteiger partial charge on any atom is -0.335 e. The van der Waals surface area contributed by atoms with Crippen molar-refractivity contribution in [1.29, 1.82) is 0 Å². The minimum atomic E-state index is -3.13. The molecule has 1 aliphatic rings. The van der Waals surface area contributed by atoms with Crippen LogP contribution < -0.4 is 0 Å². The van der Waals surface area contributed by atoms with Crippen LogP contribution in [0.5, 0.6) is 0 Å². The number of hydrogen-bond donors (Lipinski definition) is 0. The molecule has 2 rings (SSSR count). The van der Waals surface area contributed by atoms with Gasteiger partial charge in [0.1, 0.15) is 11.6 Å². The van der Waals surface area contributed by atoms with Crippen molar-refractivity contribution >= 4 is 15.7 Å². The van der Waals surface area contributed by atoms with Gasteiger partial charge in [0, 0.05) is 18.7 Å². The molecule has 1 saturated heterocycles. The number of sulfone groups is 1. The van der Waals surface area contributed by atoms with Gasteiger partial charge in [-0.2, -0.15) is 0 Å². The molecule has 1 aromatic carbocycles. The van der Waals surface area contributed by atoms with Crippen molar-refractivity contribution in [2.24, 2.45) is 0 Å². The lowest BCUT2D eigenvalue weighted by molar-refractivity contribution is 0.0703. The maximum atomic E-state index is 13.6. The number of carbonyl (C=O) groups is 1. The molecule has 0 N–H and O–H groups in total. The Morgan fingerprint density at radius 3 is 2.60 bits per heavy atom. The molecule has 1 atom stereocenters. The van der Waals surface area contributed by atoms with Crippen LogP contribution in [-0.2, 0) is 9.84 Å². The molecule has 1 heterocycles. The Morgan fingerprint density at radius 1 is 1.40 bits per heavy atom. The molecular formula is C13H15F2NO3S. The van der Waals surface area contributed by atoms with Crippen LogP contribution in [0.1, 0.15) is 23.7 Å². The molecule has 0 radical (unpaired) electrons. The smallest absolute Gasteiger partial charge is 0.257 e. The Kier molecular flexibility index (Phi) is 4.08. The second kappa shape index (κ2) is 5.47. The zero-order valence-electron chi connectivity index (χ0n) is 11.0. The molecule has 0 aromatic heterocycles. The number of halogens is 2. The standard InChI is InChI=1S/C13H15F2NO3S/c1-2-16(10-5-6-20(18,19)8-10)13(17)11-4-3-9(14)7-12(11)15/h3-4,7,10H,2,5-6,8H2,1H3. The second-order valence-electron chi connectivity index (χ2n) is 4.77. The predicted molar refractivity (Wildman–Crippen MR) is 70.1 cm³/mol. The van der Waals surface area contributed by atoms with E-state index in [1.54, 1.807) is 6.92 Å². The van der Waals surface area contributed by atoms with Crippen LogP contribution in [-0.4, -0.2) is 43.3 Å². The highest BCUT2D eigenvalue weighted by molar-refractivity contribution is 7.91. The molecule has 1 unspecified atom stereocenters. The highest BCUT2D eigenvalue weighted by atomic mass is 32.2. The lowest BCUT2D eigenvalue weighted by Gasteiger charge is -2.27. The van der Waals surface area contributed by atoms with Crippen LogP contribution >= 0.6 is 0 Å². The zero-order valence-corrected chi connectivity index (χ0v) is 11.8. The minimum absolute atomic E-state index is 0.0351. The van der Waals surface area contributed by atoms with Gasteiger partial charge in [-0.15, -0.1) is 0 Å². The fraction of sp³-hybridized carbons (Fsp3) is 0.462. The topological polar surface area (TPSA) is 54.5 Å². The fourth-order valence-corrected chi connectivity index (χ4v) is 4.14. The van der Waals surface area contributed by atoms with Crippen molar-refractivity contribution < 1.29 is 22.0 Å². The van der Waals surface area contributed by atoms with E-state index < -0.39 is 33.4 Å². The van der Waals surface area contributed by atoms with Crippen molar-refractivity contribution in [3.8, 4) is 0 Å². The number of rotatable bonds is 3. The Hall–Kier alpha value is -1.50. The molecule has 0 spiro atoms. The monoisotopic (exact) mass is 303 g/mol. The van der Waals surface area contributed by atoms with Crippen LogP contribution in [0.2, 0.25) is 0 Å². The Morgan fingerprint density at radius 2 is 2.10 bits per heavy atom. The van der Waals surface area contributed by atoms with Crippen molar-refractivity contribution in [3.05, 3.63) is 35.4 Å².